The molecule has 1 rings (SSSR count). The van der Waals surface area contributed by atoms with Gasteiger partial charge in [-0.25, -0.2) is 4.39 Å². The fourth-order valence-corrected chi connectivity index (χ4v) is 1.61. The largest absolute Gasteiger partial charge is 0.388 e. The molecule has 1 N–H and O–H groups in total. The van der Waals surface area contributed by atoms with Gasteiger partial charge < -0.3 is 5.11 Å². The van der Waals surface area contributed by atoms with Crippen LogP contribution in [0.25, 0.3) is 0 Å². The summed E-state index contributed by atoms with van der Waals surface area (Å²) in [6.45, 7) is 1.88. The van der Waals surface area contributed by atoms with Crippen LogP contribution in [0.5, 0.6) is 0 Å². The topological polar surface area (TPSA) is 20.2 Å². The second kappa shape index (κ2) is 4.01. The van der Waals surface area contributed by atoms with E-state index in [0.29, 0.717) is 10.9 Å². The van der Waals surface area contributed by atoms with Gasteiger partial charge in [0.1, 0.15) is 5.82 Å². The van der Waals surface area contributed by atoms with Crippen LogP contribution in [0, 0.1) is 5.82 Å². The summed E-state index contributed by atoms with van der Waals surface area (Å²) in [7, 11) is 0. The van der Waals surface area contributed by atoms with Gasteiger partial charge in [0.05, 0.1) is 6.10 Å². The third kappa shape index (κ3) is 2.05. The zero-order chi connectivity index (χ0) is 9.14. The maximum absolute atomic E-state index is 12.6. The van der Waals surface area contributed by atoms with Gasteiger partial charge in [0.25, 0.3) is 0 Å². The van der Waals surface area contributed by atoms with Crippen LogP contribution < -0.4 is 0 Å². The molecule has 1 aromatic rings. The van der Waals surface area contributed by atoms with E-state index in [9.17, 15) is 9.50 Å². The lowest BCUT2D eigenvalue weighted by atomic mass is 10.1. The summed E-state index contributed by atoms with van der Waals surface area (Å²) < 4.78 is 13.2. The fraction of sp³-hybridized carbons (Fsp3) is 0.333. The highest BCUT2D eigenvalue weighted by Gasteiger charge is 2.08. The molecule has 66 valence electrons. The highest BCUT2D eigenvalue weighted by Crippen LogP contribution is 2.25. The molecule has 0 bridgehead atoms. The Kier molecular flexibility index (Phi) is 3.23. The fourth-order valence-electron chi connectivity index (χ4n) is 0.992. The summed E-state index contributed by atoms with van der Waals surface area (Å²) in [6.07, 6.45) is 0.115. The van der Waals surface area contributed by atoms with Crippen LogP contribution in [0.4, 0.5) is 4.39 Å². The lowest BCUT2D eigenvalue weighted by Gasteiger charge is -2.09. The Morgan fingerprint density at radius 1 is 1.58 bits per heavy atom. The van der Waals surface area contributed by atoms with Crippen LogP contribution in [0.2, 0.25) is 0 Å². The Morgan fingerprint density at radius 3 is 2.75 bits per heavy atom. The molecule has 0 heterocycles. The normalized spacial score (nSPS) is 13.0. The molecule has 0 radical (unpaired) electrons. The van der Waals surface area contributed by atoms with E-state index in [1.54, 1.807) is 6.07 Å². The molecule has 0 aliphatic carbocycles. The van der Waals surface area contributed by atoms with Gasteiger partial charge in [0.15, 0.2) is 0 Å². The first-order valence-corrected chi connectivity index (χ1v) is 4.57. The van der Waals surface area contributed by atoms with Crippen molar-refractivity contribution in [2.75, 3.05) is 0 Å². The molecule has 0 aliphatic rings. The van der Waals surface area contributed by atoms with Crippen LogP contribution in [0.1, 0.15) is 25.0 Å². The average Bonchev–Trinajstić information content (AvgIpc) is 2.03. The summed E-state index contributed by atoms with van der Waals surface area (Å²) in [6, 6.07) is 4.29. The number of aliphatic hydroxyl groups is 1. The standard InChI is InChI=1S/C9H10BrFO/c1-2-9(12)7-4-3-6(11)5-8(7)10/h3-5,9,12H,2H2,1H3/t9-/m1/s1. The van der Waals surface area contributed by atoms with E-state index in [2.05, 4.69) is 15.9 Å². The molecule has 0 unspecified atom stereocenters. The molecule has 3 heteroatoms. The van der Waals surface area contributed by atoms with Crippen molar-refractivity contribution in [1.29, 1.82) is 0 Å². The number of rotatable bonds is 2. The van der Waals surface area contributed by atoms with Gasteiger partial charge >= 0.3 is 0 Å². The van der Waals surface area contributed by atoms with Gasteiger partial charge in [-0.05, 0) is 24.1 Å². The molecule has 0 aliphatic heterocycles. The molecule has 12 heavy (non-hydrogen) atoms. The minimum atomic E-state index is -0.514. The van der Waals surface area contributed by atoms with Crippen molar-refractivity contribution in [3.63, 3.8) is 0 Å². The maximum Gasteiger partial charge on any atom is 0.124 e. The van der Waals surface area contributed by atoms with Crippen molar-refractivity contribution in [3.05, 3.63) is 34.1 Å². The number of halogens is 2. The van der Waals surface area contributed by atoms with Crippen LogP contribution in [-0.4, -0.2) is 5.11 Å². The average molecular weight is 233 g/mol. The molecule has 0 fully saturated rings. The molecular formula is C9H10BrFO. The number of aliphatic hydroxyl groups excluding tert-OH is 1. The van der Waals surface area contributed by atoms with Crippen molar-refractivity contribution < 1.29 is 9.50 Å². The van der Waals surface area contributed by atoms with Gasteiger partial charge in [-0.15, -0.1) is 0 Å². The van der Waals surface area contributed by atoms with E-state index in [4.69, 9.17) is 0 Å². The van der Waals surface area contributed by atoms with E-state index in [-0.39, 0.29) is 5.82 Å². The Hall–Kier alpha value is -0.410. The molecule has 0 saturated carbocycles. The molecule has 0 spiro atoms. The molecule has 1 atom stereocenters. The number of hydrogen-bond acceptors (Lipinski definition) is 1. The van der Waals surface area contributed by atoms with Crippen LogP contribution in [-0.2, 0) is 0 Å². The third-order valence-corrected chi connectivity index (χ3v) is 2.39. The lowest BCUT2D eigenvalue weighted by Crippen LogP contribution is -1.96. The maximum atomic E-state index is 12.6. The van der Waals surface area contributed by atoms with E-state index in [1.807, 2.05) is 6.92 Å². The zero-order valence-corrected chi connectivity index (χ0v) is 8.31. The summed E-state index contributed by atoms with van der Waals surface area (Å²) in [4.78, 5) is 0. The SMILES string of the molecule is CC[C@@H](O)c1ccc(F)cc1Br. The first-order valence-electron chi connectivity index (χ1n) is 3.78. The van der Waals surface area contributed by atoms with Crippen LogP contribution in [0.3, 0.4) is 0 Å². The van der Waals surface area contributed by atoms with Gasteiger partial charge in [-0.1, -0.05) is 28.9 Å². The molecule has 0 amide bonds. The predicted molar refractivity (Wildman–Crippen MR) is 49.4 cm³/mol. The summed E-state index contributed by atoms with van der Waals surface area (Å²) in [5.74, 6) is -0.297. The van der Waals surface area contributed by atoms with E-state index < -0.39 is 6.10 Å². The minimum Gasteiger partial charge on any atom is -0.388 e. The molecule has 1 aromatic carbocycles. The van der Waals surface area contributed by atoms with Gasteiger partial charge in [-0.2, -0.15) is 0 Å². The highest BCUT2D eigenvalue weighted by atomic mass is 79.9. The Morgan fingerprint density at radius 2 is 2.25 bits per heavy atom. The molecule has 0 saturated heterocycles. The number of benzene rings is 1. The molecule has 1 nitrogen and oxygen atoms in total. The van der Waals surface area contributed by atoms with E-state index in [1.165, 1.54) is 12.1 Å². The predicted octanol–water partition coefficient (Wildman–Crippen LogP) is 3.03. The van der Waals surface area contributed by atoms with Gasteiger partial charge in [0.2, 0.25) is 0 Å². The zero-order valence-electron chi connectivity index (χ0n) is 6.72. The van der Waals surface area contributed by atoms with E-state index in [0.717, 1.165) is 5.56 Å². The van der Waals surface area contributed by atoms with Crippen molar-refractivity contribution in [2.24, 2.45) is 0 Å². The van der Waals surface area contributed by atoms with Crippen molar-refractivity contribution in [3.8, 4) is 0 Å². The van der Waals surface area contributed by atoms with Crippen LogP contribution in [0.15, 0.2) is 22.7 Å². The quantitative estimate of drug-likeness (QED) is 0.832. The second-order valence-corrected chi connectivity index (χ2v) is 3.44. The minimum absolute atomic E-state index is 0.297. The Labute approximate surface area is 79.4 Å². The first kappa shape index (κ1) is 9.68. The van der Waals surface area contributed by atoms with Crippen molar-refractivity contribution >= 4 is 15.9 Å². The molecule has 0 aromatic heterocycles. The van der Waals surface area contributed by atoms with Crippen LogP contribution >= 0.6 is 15.9 Å². The summed E-state index contributed by atoms with van der Waals surface area (Å²) >= 11 is 3.19. The smallest absolute Gasteiger partial charge is 0.124 e. The Balaban J connectivity index is 3.01. The Bertz CT molecular complexity index is 275. The van der Waals surface area contributed by atoms with E-state index >= 15 is 0 Å². The summed E-state index contributed by atoms with van der Waals surface area (Å²) in [5, 5.41) is 9.45. The van der Waals surface area contributed by atoms with Crippen molar-refractivity contribution in [2.45, 2.75) is 19.4 Å². The second-order valence-electron chi connectivity index (χ2n) is 2.59. The highest BCUT2D eigenvalue weighted by molar-refractivity contribution is 9.10. The van der Waals surface area contributed by atoms with Gasteiger partial charge in [0, 0.05) is 4.47 Å². The van der Waals surface area contributed by atoms with Gasteiger partial charge in [-0.3, -0.25) is 0 Å². The van der Waals surface area contributed by atoms with Crippen molar-refractivity contribution in [1.82, 2.24) is 0 Å². The monoisotopic (exact) mass is 232 g/mol. The molecular weight excluding hydrogens is 223 g/mol. The summed E-state index contributed by atoms with van der Waals surface area (Å²) in [5.41, 5.74) is 0.735. The number of hydrogen-bond donors (Lipinski definition) is 1. The third-order valence-electron chi connectivity index (χ3n) is 1.71. The first-order chi connectivity index (χ1) is 5.65. The lowest BCUT2D eigenvalue weighted by molar-refractivity contribution is 0.173.